The monoisotopic (exact) mass is 364 g/mol. The van der Waals surface area contributed by atoms with Gasteiger partial charge in [-0.05, 0) is 37.6 Å². The summed E-state index contributed by atoms with van der Waals surface area (Å²) in [5, 5.41) is 13.0. The molecule has 0 aliphatic heterocycles. The van der Waals surface area contributed by atoms with E-state index in [-0.39, 0.29) is 5.91 Å². The van der Waals surface area contributed by atoms with Crippen LogP contribution in [0.15, 0.2) is 46.9 Å². The van der Waals surface area contributed by atoms with Gasteiger partial charge < -0.3 is 4.42 Å². The molecule has 0 radical (unpaired) electrons. The van der Waals surface area contributed by atoms with Gasteiger partial charge in [0.1, 0.15) is 16.5 Å². The summed E-state index contributed by atoms with van der Waals surface area (Å²) in [5.74, 6) is 1.18. The van der Waals surface area contributed by atoms with Crippen molar-refractivity contribution in [3.05, 3.63) is 58.8 Å². The third kappa shape index (κ3) is 3.09. The largest absolute Gasteiger partial charge is 0.460 e. The second-order valence-electron chi connectivity index (χ2n) is 5.79. The molecule has 26 heavy (non-hydrogen) atoms. The number of para-hydroxylation sites is 1. The molecular weight excluding hydrogens is 348 g/mol. The molecule has 0 unspecified atom stereocenters. The van der Waals surface area contributed by atoms with Crippen molar-refractivity contribution in [2.24, 2.45) is 0 Å². The smallest absolute Gasteiger partial charge is 0.258 e. The molecule has 3 aromatic heterocycles. The Morgan fingerprint density at radius 3 is 2.77 bits per heavy atom. The van der Waals surface area contributed by atoms with E-state index in [4.69, 9.17) is 4.42 Å². The van der Waals surface area contributed by atoms with Crippen LogP contribution in [0.1, 0.15) is 28.0 Å². The predicted molar refractivity (Wildman–Crippen MR) is 101 cm³/mol. The Balaban J connectivity index is 1.78. The van der Waals surface area contributed by atoms with Gasteiger partial charge in [-0.1, -0.05) is 36.5 Å². The van der Waals surface area contributed by atoms with Gasteiger partial charge in [0.05, 0.1) is 11.1 Å². The maximum absolute atomic E-state index is 12.9. The molecule has 4 aromatic rings. The summed E-state index contributed by atoms with van der Waals surface area (Å²) in [4.78, 5) is 17.5. The number of aromatic nitrogens is 3. The number of furan rings is 1. The Kier molecular flexibility index (Phi) is 4.22. The second-order valence-corrected chi connectivity index (χ2v) is 6.85. The molecular formula is C19H16N4O2S. The highest BCUT2D eigenvalue weighted by atomic mass is 32.1. The van der Waals surface area contributed by atoms with Crippen LogP contribution < -0.4 is 5.32 Å². The van der Waals surface area contributed by atoms with Crippen LogP contribution in [0, 0.1) is 6.92 Å². The number of pyridine rings is 1. The zero-order valence-corrected chi connectivity index (χ0v) is 15.1. The van der Waals surface area contributed by atoms with Crippen LogP contribution in [-0.2, 0) is 6.42 Å². The Bertz CT molecular complexity index is 1100. The number of rotatable bonds is 4. The quantitative estimate of drug-likeness (QED) is 0.578. The lowest BCUT2D eigenvalue weighted by molar-refractivity contribution is 0.102. The van der Waals surface area contributed by atoms with Crippen molar-refractivity contribution in [1.82, 2.24) is 15.2 Å². The molecule has 0 aliphatic rings. The molecule has 0 saturated carbocycles. The van der Waals surface area contributed by atoms with Crippen molar-refractivity contribution in [3.8, 4) is 11.5 Å². The lowest BCUT2D eigenvalue weighted by Gasteiger charge is -2.08. The van der Waals surface area contributed by atoms with Gasteiger partial charge in [0.25, 0.3) is 5.91 Å². The zero-order chi connectivity index (χ0) is 18.1. The maximum Gasteiger partial charge on any atom is 0.258 e. The molecule has 3 heterocycles. The summed E-state index contributed by atoms with van der Waals surface area (Å²) >= 11 is 1.38. The molecule has 0 fully saturated rings. The fourth-order valence-corrected chi connectivity index (χ4v) is 3.35. The minimum atomic E-state index is -0.244. The number of carbonyl (C=O) groups is 1. The molecule has 0 spiro atoms. The van der Waals surface area contributed by atoms with Crippen molar-refractivity contribution in [3.63, 3.8) is 0 Å². The van der Waals surface area contributed by atoms with Crippen LogP contribution in [-0.4, -0.2) is 21.1 Å². The van der Waals surface area contributed by atoms with Gasteiger partial charge in [0.2, 0.25) is 5.13 Å². The number of hydrogen-bond donors (Lipinski definition) is 1. The van der Waals surface area contributed by atoms with Crippen LogP contribution in [0.2, 0.25) is 0 Å². The summed E-state index contributed by atoms with van der Waals surface area (Å²) in [6.45, 7) is 3.87. The lowest BCUT2D eigenvalue weighted by Crippen LogP contribution is -2.13. The average Bonchev–Trinajstić information content (AvgIpc) is 3.29. The van der Waals surface area contributed by atoms with Crippen molar-refractivity contribution < 1.29 is 9.21 Å². The maximum atomic E-state index is 12.9. The van der Waals surface area contributed by atoms with Crippen LogP contribution in [0.3, 0.4) is 0 Å². The van der Waals surface area contributed by atoms with E-state index in [0.29, 0.717) is 22.1 Å². The van der Waals surface area contributed by atoms with E-state index < -0.39 is 0 Å². The summed E-state index contributed by atoms with van der Waals surface area (Å²) in [6.07, 6.45) is 0.785. The first-order valence-corrected chi connectivity index (χ1v) is 9.06. The molecule has 130 valence electrons. The molecule has 1 N–H and O–H groups in total. The Hall–Kier alpha value is -3.06. The minimum Gasteiger partial charge on any atom is -0.460 e. The van der Waals surface area contributed by atoms with Crippen LogP contribution in [0.5, 0.6) is 0 Å². The number of nitrogens with zero attached hydrogens (tertiary/aromatic N) is 3. The highest BCUT2D eigenvalue weighted by molar-refractivity contribution is 7.15. The average molecular weight is 364 g/mol. The first-order chi connectivity index (χ1) is 12.6. The molecule has 0 atom stereocenters. The van der Waals surface area contributed by atoms with Crippen molar-refractivity contribution in [1.29, 1.82) is 0 Å². The van der Waals surface area contributed by atoms with Crippen molar-refractivity contribution in [2.75, 3.05) is 5.32 Å². The number of fused-ring (bicyclic) bond motifs is 1. The third-order valence-corrected chi connectivity index (χ3v) is 4.93. The molecule has 4 rings (SSSR count). The molecule has 1 amide bonds. The summed E-state index contributed by atoms with van der Waals surface area (Å²) < 4.78 is 5.67. The number of aryl methyl sites for hydroxylation is 2. The Morgan fingerprint density at radius 2 is 2.04 bits per heavy atom. The van der Waals surface area contributed by atoms with E-state index in [9.17, 15) is 4.79 Å². The van der Waals surface area contributed by atoms with Crippen molar-refractivity contribution in [2.45, 2.75) is 20.3 Å². The molecule has 0 bridgehead atoms. The van der Waals surface area contributed by atoms with Gasteiger partial charge in [0, 0.05) is 5.39 Å². The zero-order valence-electron chi connectivity index (χ0n) is 14.3. The highest BCUT2D eigenvalue weighted by Crippen LogP contribution is 2.27. The summed E-state index contributed by atoms with van der Waals surface area (Å²) in [7, 11) is 0. The number of benzene rings is 1. The summed E-state index contributed by atoms with van der Waals surface area (Å²) in [5.41, 5.74) is 1.87. The highest BCUT2D eigenvalue weighted by Gasteiger charge is 2.17. The Labute approximate surface area is 153 Å². The molecule has 0 aliphatic carbocycles. The molecule has 1 aromatic carbocycles. The van der Waals surface area contributed by atoms with Crippen LogP contribution in [0.25, 0.3) is 22.4 Å². The standard InChI is InChI=1S/C19H16N4O2S/c1-3-17-22-23-19(26-17)21-18(24)13-10-15(16-9-8-11(2)25-16)20-14-7-5-4-6-12(13)14/h4-10H,3H2,1-2H3,(H,21,23,24). The van der Waals surface area contributed by atoms with Crippen molar-refractivity contribution >= 4 is 33.3 Å². The van der Waals surface area contributed by atoms with E-state index in [2.05, 4.69) is 20.5 Å². The predicted octanol–water partition coefficient (Wildman–Crippen LogP) is 4.47. The first-order valence-electron chi connectivity index (χ1n) is 8.24. The van der Waals surface area contributed by atoms with Crippen LogP contribution >= 0.6 is 11.3 Å². The third-order valence-electron chi connectivity index (χ3n) is 3.94. The summed E-state index contributed by atoms with van der Waals surface area (Å²) in [6, 6.07) is 13.0. The molecule has 7 heteroatoms. The van der Waals surface area contributed by atoms with Gasteiger partial charge in [-0.25, -0.2) is 4.98 Å². The van der Waals surface area contributed by atoms with Gasteiger partial charge in [-0.2, -0.15) is 0 Å². The van der Waals surface area contributed by atoms with Crippen LogP contribution in [0.4, 0.5) is 5.13 Å². The van der Waals surface area contributed by atoms with E-state index in [1.165, 1.54) is 11.3 Å². The molecule has 6 nitrogen and oxygen atoms in total. The topological polar surface area (TPSA) is 80.9 Å². The van der Waals surface area contributed by atoms with Gasteiger partial charge in [-0.15, -0.1) is 10.2 Å². The van der Waals surface area contributed by atoms with E-state index >= 15 is 0 Å². The number of anilines is 1. The van der Waals surface area contributed by atoms with Gasteiger partial charge in [-0.3, -0.25) is 10.1 Å². The number of nitrogens with one attached hydrogen (secondary N) is 1. The SMILES string of the molecule is CCc1nnc(NC(=O)c2cc(-c3ccc(C)o3)nc3ccccc23)s1. The van der Waals surface area contributed by atoms with E-state index in [1.54, 1.807) is 6.07 Å². The number of amides is 1. The fraction of sp³-hybridized carbons (Fsp3) is 0.158. The Morgan fingerprint density at radius 1 is 1.19 bits per heavy atom. The first kappa shape index (κ1) is 16.4. The lowest BCUT2D eigenvalue weighted by atomic mass is 10.1. The fourth-order valence-electron chi connectivity index (χ4n) is 2.67. The van der Waals surface area contributed by atoms with Gasteiger partial charge in [0.15, 0.2) is 5.76 Å². The van der Waals surface area contributed by atoms with E-state index in [0.717, 1.165) is 28.1 Å². The van der Waals surface area contributed by atoms with Gasteiger partial charge >= 0.3 is 0 Å². The van der Waals surface area contributed by atoms with E-state index in [1.807, 2.05) is 50.2 Å². The number of carbonyl (C=O) groups excluding carboxylic acids is 1. The molecule has 0 saturated heterocycles. The number of hydrogen-bond acceptors (Lipinski definition) is 6. The minimum absolute atomic E-state index is 0.244. The second kappa shape index (κ2) is 6.68. The normalized spacial score (nSPS) is 11.0.